The number of aliphatic hydroxyl groups is 1. The van der Waals surface area contributed by atoms with Crippen molar-refractivity contribution in [3.05, 3.63) is 6.61 Å². The Kier molecular flexibility index (Phi) is 2.30. The zero-order chi connectivity index (χ0) is 5.82. The van der Waals surface area contributed by atoms with Gasteiger partial charge in [0, 0.05) is 13.2 Å². The van der Waals surface area contributed by atoms with Gasteiger partial charge in [-0.25, -0.2) is 0 Å². The van der Waals surface area contributed by atoms with Crippen molar-refractivity contribution < 1.29 is 9.84 Å². The van der Waals surface area contributed by atoms with Gasteiger partial charge in [-0.3, -0.25) is 0 Å². The summed E-state index contributed by atoms with van der Waals surface area (Å²) in [4.78, 5) is 0. The lowest BCUT2D eigenvalue weighted by Crippen LogP contribution is -2.15. The fourth-order valence-electron chi connectivity index (χ4n) is 0.865. The third-order valence-electron chi connectivity index (χ3n) is 1.48. The van der Waals surface area contributed by atoms with E-state index in [1.165, 1.54) is 6.61 Å². The van der Waals surface area contributed by atoms with Crippen molar-refractivity contribution in [2.75, 3.05) is 13.2 Å². The van der Waals surface area contributed by atoms with Crippen molar-refractivity contribution in [3.8, 4) is 0 Å². The average molecular weight is 115 g/mol. The summed E-state index contributed by atoms with van der Waals surface area (Å²) in [6, 6.07) is 0. The lowest BCUT2D eigenvalue weighted by Gasteiger charge is -2.18. The molecule has 0 bridgehead atoms. The van der Waals surface area contributed by atoms with E-state index in [4.69, 9.17) is 9.84 Å². The van der Waals surface area contributed by atoms with Crippen LogP contribution in [0.2, 0.25) is 0 Å². The highest BCUT2D eigenvalue weighted by atomic mass is 16.5. The molecule has 1 rings (SSSR count). The van der Waals surface area contributed by atoms with Gasteiger partial charge >= 0.3 is 0 Å². The molecule has 2 heteroatoms. The molecule has 1 heterocycles. The van der Waals surface area contributed by atoms with Crippen molar-refractivity contribution in [1.29, 1.82) is 0 Å². The molecule has 0 aromatic heterocycles. The first-order chi connectivity index (χ1) is 3.93. The summed E-state index contributed by atoms with van der Waals surface area (Å²) in [5.74, 6) is 0.392. The molecule has 0 saturated carbocycles. The van der Waals surface area contributed by atoms with Crippen molar-refractivity contribution in [2.24, 2.45) is 5.92 Å². The average Bonchev–Trinajstić information content (AvgIpc) is 1.90. The van der Waals surface area contributed by atoms with Gasteiger partial charge in [0.25, 0.3) is 0 Å². The zero-order valence-electron chi connectivity index (χ0n) is 4.84. The number of hydrogen-bond donors (Lipinski definition) is 1. The third-order valence-corrected chi connectivity index (χ3v) is 1.48. The Morgan fingerprint density at radius 1 is 1.38 bits per heavy atom. The molecule has 1 radical (unpaired) electrons. The molecule has 0 aromatic rings. The van der Waals surface area contributed by atoms with Gasteiger partial charge < -0.3 is 9.84 Å². The molecule has 1 fully saturated rings. The minimum absolute atomic E-state index is 0.392. The molecule has 0 aliphatic carbocycles. The fraction of sp³-hybridized carbons (Fsp3) is 0.833. The molecule has 1 aliphatic heterocycles. The summed E-state index contributed by atoms with van der Waals surface area (Å²) < 4.78 is 5.07. The Morgan fingerprint density at radius 3 is 2.38 bits per heavy atom. The molecular weight excluding hydrogens is 104 g/mol. The van der Waals surface area contributed by atoms with Crippen molar-refractivity contribution in [1.82, 2.24) is 0 Å². The number of aliphatic hydroxyl groups excluding tert-OH is 1. The number of hydrogen-bond acceptors (Lipinski definition) is 2. The van der Waals surface area contributed by atoms with E-state index in [9.17, 15) is 0 Å². The molecule has 0 aromatic carbocycles. The predicted octanol–water partition coefficient (Wildman–Crippen LogP) is 0.947. The first-order valence-electron chi connectivity index (χ1n) is 2.99. The van der Waals surface area contributed by atoms with Crippen LogP contribution in [0.25, 0.3) is 0 Å². The summed E-state index contributed by atoms with van der Waals surface area (Å²) in [5.41, 5.74) is 0. The van der Waals surface area contributed by atoms with Crippen LogP contribution in [0.15, 0.2) is 0 Å². The van der Waals surface area contributed by atoms with E-state index in [1.54, 1.807) is 0 Å². The van der Waals surface area contributed by atoms with Gasteiger partial charge in [-0.2, -0.15) is 0 Å². The zero-order valence-corrected chi connectivity index (χ0v) is 4.84. The second-order valence-electron chi connectivity index (χ2n) is 2.10. The molecule has 1 aliphatic rings. The Hall–Kier alpha value is -0.0800. The van der Waals surface area contributed by atoms with Crippen LogP contribution in [0, 0.1) is 12.5 Å². The fourth-order valence-corrected chi connectivity index (χ4v) is 0.865. The van der Waals surface area contributed by atoms with E-state index >= 15 is 0 Å². The topological polar surface area (TPSA) is 29.5 Å². The van der Waals surface area contributed by atoms with E-state index < -0.39 is 0 Å². The minimum atomic E-state index is 0.392. The molecule has 47 valence electrons. The van der Waals surface area contributed by atoms with E-state index in [1.807, 2.05) is 0 Å². The summed E-state index contributed by atoms with van der Waals surface area (Å²) in [6.07, 6.45) is 1.97. The van der Waals surface area contributed by atoms with E-state index in [0.717, 1.165) is 26.1 Å². The molecular formula is C6H11O2. The third kappa shape index (κ3) is 1.46. The lowest BCUT2D eigenvalue weighted by molar-refractivity contribution is 0.0618. The molecule has 0 spiro atoms. The highest BCUT2D eigenvalue weighted by molar-refractivity contribution is 4.68. The first kappa shape index (κ1) is 6.05. The van der Waals surface area contributed by atoms with Crippen LogP contribution in [0.3, 0.4) is 0 Å². The summed E-state index contributed by atoms with van der Waals surface area (Å²) in [7, 11) is 0. The second-order valence-corrected chi connectivity index (χ2v) is 2.10. The van der Waals surface area contributed by atoms with Gasteiger partial charge in [-0.15, -0.1) is 0 Å². The number of rotatable bonds is 1. The van der Waals surface area contributed by atoms with Gasteiger partial charge in [0.1, 0.15) is 0 Å². The smallest absolute Gasteiger partial charge is 0.0831 e. The van der Waals surface area contributed by atoms with Crippen LogP contribution >= 0.6 is 0 Å². The lowest BCUT2D eigenvalue weighted by atomic mass is 10.0. The highest BCUT2D eigenvalue weighted by Gasteiger charge is 2.11. The first-order valence-corrected chi connectivity index (χ1v) is 2.99. The van der Waals surface area contributed by atoms with E-state index in [0.29, 0.717) is 5.92 Å². The van der Waals surface area contributed by atoms with Gasteiger partial charge in [0.2, 0.25) is 0 Å². The SMILES string of the molecule is O[CH]C1CCOCC1. The van der Waals surface area contributed by atoms with Crippen molar-refractivity contribution in [2.45, 2.75) is 12.8 Å². The maximum atomic E-state index is 8.51. The molecule has 1 saturated heterocycles. The minimum Gasteiger partial charge on any atom is -0.390 e. The van der Waals surface area contributed by atoms with Crippen LogP contribution in [-0.2, 0) is 4.74 Å². The van der Waals surface area contributed by atoms with Gasteiger partial charge in [0.05, 0.1) is 6.61 Å². The molecule has 0 amide bonds. The number of ether oxygens (including phenoxy) is 1. The standard InChI is InChI=1S/C6H11O2/c7-5-6-1-3-8-4-2-6/h5-7H,1-4H2. The summed E-state index contributed by atoms with van der Waals surface area (Å²) in [6.45, 7) is 2.89. The maximum absolute atomic E-state index is 8.51. The predicted molar refractivity (Wildman–Crippen MR) is 29.8 cm³/mol. The van der Waals surface area contributed by atoms with Crippen LogP contribution in [0.4, 0.5) is 0 Å². The molecule has 0 unspecified atom stereocenters. The van der Waals surface area contributed by atoms with E-state index in [-0.39, 0.29) is 0 Å². The van der Waals surface area contributed by atoms with Gasteiger partial charge in [0.15, 0.2) is 0 Å². The molecule has 8 heavy (non-hydrogen) atoms. The molecule has 0 atom stereocenters. The Bertz CT molecular complexity index is 57.5. The summed E-state index contributed by atoms with van der Waals surface area (Å²) >= 11 is 0. The quantitative estimate of drug-likeness (QED) is 0.551. The Labute approximate surface area is 49.5 Å². The van der Waals surface area contributed by atoms with Crippen LogP contribution in [0.1, 0.15) is 12.8 Å². The molecule has 1 N–H and O–H groups in total. The van der Waals surface area contributed by atoms with Crippen molar-refractivity contribution in [3.63, 3.8) is 0 Å². The Balaban J connectivity index is 2.13. The van der Waals surface area contributed by atoms with Crippen LogP contribution in [0.5, 0.6) is 0 Å². The summed E-state index contributed by atoms with van der Waals surface area (Å²) in [5, 5.41) is 8.51. The maximum Gasteiger partial charge on any atom is 0.0831 e. The second kappa shape index (κ2) is 3.05. The molecule has 2 nitrogen and oxygen atoms in total. The van der Waals surface area contributed by atoms with Crippen LogP contribution in [-0.4, -0.2) is 18.3 Å². The highest BCUT2D eigenvalue weighted by Crippen LogP contribution is 2.15. The largest absolute Gasteiger partial charge is 0.390 e. The Morgan fingerprint density at radius 2 is 2.00 bits per heavy atom. The van der Waals surface area contributed by atoms with Gasteiger partial charge in [-0.05, 0) is 18.8 Å². The van der Waals surface area contributed by atoms with Gasteiger partial charge in [-0.1, -0.05) is 0 Å². The van der Waals surface area contributed by atoms with E-state index in [2.05, 4.69) is 0 Å². The monoisotopic (exact) mass is 115 g/mol. The normalized spacial score (nSPS) is 23.6. The van der Waals surface area contributed by atoms with Crippen molar-refractivity contribution >= 4 is 0 Å². The van der Waals surface area contributed by atoms with Crippen LogP contribution < -0.4 is 0 Å².